The van der Waals surface area contributed by atoms with Crippen LogP contribution in [-0.4, -0.2) is 24.1 Å². The zero-order chi connectivity index (χ0) is 52.5. The molecule has 13 rings (SSSR count). The molecule has 0 aliphatic rings. The maximum absolute atomic E-state index is 14.1. The zero-order valence-electron chi connectivity index (χ0n) is 42.1. The highest BCUT2D eigenvalue weighted by Crippen LogP contribution is 2.45. The molecular weight excluding hydrogens is 958 g/mol. The summed E-state index contributed by atoms with van der Waals surface area (Å²) in [4.78, 5) is 19.5. The van der Waals surface area contributed by atoms with Crippen molar-refractivity contribution in [2.45, 2.75) is 26.9 Å². The van der Waals surface area contributed by atoms with E-state index >= 15 is 0 Å². The average molecular weight is 1000 g/mol. The third-order valence-corrected chi connectivity index (χ3v) is 14.5. The molecular formula is C68H45F3N6. The van der Waals surface area contributed by atoms with Gasteiger partial charge in [0.05, 0.1) is 39.9 Å². The number of fused-ring (bicyclic) bond motifs is 6. The van der Waals surface area contributed by atoms with Crippen LogP contribution >= 0.6 is 0 Å². The van der Waals surface area contributed by atoms with E-state index in [1.807, 2.05) is 109 Å². The van der Waals surface area contributed by atoms with Crippen molar-refractivity contribution in [3.8, 4) is 78.9 Å². The molecule has 0 saturated carbocycles. The Balaban J connectivity index is 1.06. The SMILES string of the molecule is [C-]#[N+]c1ccc(-n2c3ccccc3c3cc(-c4cc(C)cc(C(F)(F)F)c4)ccc32)cc1-c1cc(-c2nc(-c3ccccc3)nc(-c3ccccc3)n2)ccc1-n1c2ccccc2c2cc(-c3cc(C)cc(C)c3)ccc21. The maximum Gasteiger partial charge on any atom is 0.416 e. The third-order valence-electron chi connectivity index (χ3n) is 14.5. The summed E-state index contributed by atoms with van der Waals surface area (Å²) in [7, 11) is 0. The first-order valence-electron chi connectivity index (χ1n) is 25.3. The number of aryl methyl sites for hydroxylation is 3. The van der Waals surface area contributed by atoms with Gasteiger partial charge >= 0.3 is 6.18 Å². The third kappa shape index (κ3) is 8.37. The lowest BCUT2D eigenvalue weighted by atomic mass is 9.97. The number of benzene rings is 10. The molecule has 9 heteroatoms. The monoisotopic (exact) mass is 1000 g/mol. The first-order chi connectivity index (χ1) is 37.4. The van der Waals surface area contributed by atoms with Crippen LogP contribution in [0.25, 0.3) is 127 Å². The summed E-state index contributed by atoms with van der Waals surface area (Å²) in [6.07, 6.45) is -4.48. The molecule has 3 aromatic heterocycles. The van der Waals surface area contributed by atoms with Crippen molar-refractivity contribution in [3.05, 3.63) is 252 Å². The molecule has 0 spiro atoms. The first kappa shape index (κ1) is 46.8. The van der Waals surface area contributed by atoms with Gasteiger partial charge in [0, 0.05) is 43.9 Å². The van der Waals surface area contributed by atoms with Crippen LogP contribution in [0.1, 0.15) is 22.3 Å². The quantitative estimate of drug-likeness (QED) is 0.143. The number of alkyl halides is 3. The van der Waals surface area contributed by atoms with Crippen LogP contribution in [0.4, 0.5) is 18.9 Å². The molecule has 3 heterocycles. The van der Waals surface area contributed by atoms with Gasteiger partial charge in [0.15, 0.2) is 23.2 Å². The standard InChI is InChI=1S/C68H45F3N6/c1-41-31-42(2)33-49(32-41)46-24-29-63-57(37-46)54-20-12-14-22-61(54)77(63)64-30-25-48(67-74-65(44-15-7-5-8-16-44)73-66(75-67)45-17-9-6-10-18-45)39-58(64)55-40-52(26-27-59(55)72-4)76-60-21-13-11-19-53(60)56-38-47(23-28-62(56)76)50-34-43(3)35-51(36-50)68(69,70)71/h5-40H,1-3H3. The highest BCUT2D eigenvalue weighted by molar-refractivity contribution is 6.12. The average Bonchev–Trinajstić information content (AvgIpc) is 4.16. The van der Waals surface area contributed by atoms with Crippen molar-refractivity contribution in [2.24, 2.45) is 0 Å². The summed E-state index contributed by atoms with van der Waals surface area (Å²) in [6, 6.07) is 71.8. The molecule has 0 amide bonds. The number of aromatic nitrogens is 5. The Morgan fingerprint density at radius 1 is 0.377 bits per heavy atom. The second kappa shape index (κ2) is 18.5. The molecule has 0 aliphatic heterocycles. The van der Waals surface area contributed by atoms with Gasteiger partial charge in [-0.15, -0.1) is 0 Å². The summed E-state index contributed by atoms with van der Waals surface area (Å²) in [6.45, 7) is 14.7. The summed E-state index contributed by atoms with van der Waals surface area (Å²) in [5.74, 6) is 1.53. The Hall–Kier alpha value is -9.91. The Bertz CT molecular complexity index is 4470. The number of hydrogen-bond acceptors (Lipinski definition) is 3. The van der Waals surface area contributed by atoms with Crippen LogP contribution in [0.15, 0.2) is 218 Å². The molecule has 0 saturated heterocycles. The van der Waals surface area contributed by atoms with Crippen molar-refractivity contribution in [2.75, 3.05) is 0 Å². The number of halogens is 3. The molecule has 10 aromatic carbocycles. The number of hydrogen-bond donors (Lipinski definition) is 0. The minimum Gasteiger partial charge on any atom is -0.309 e. The van der Waals surface area contributed by atoms with Gasteiger partial charge in [-0.1, -0.05) is 151 Å². The molecule has 0 unspecified atom stereocenters. The van der Waals surface area contributed by atoms with Crippen LogP contribution in [0, 0.1) is 27.3 Å². The molecule has 0 fully saturated rings. The normalized spacial score (nSPS) is 11.8. The molecule has 0 atom stereocenters. The van der Waals surface area contributed by atoms with Crippen molar-refractivity contribution in [1.29, 1.82) is 0 Å². The van der Waals surface area contributed by atoms with Crippen molar-refractivity contribution < 1.29 is 13.2 Å². The van der Waals surface area contributed by atoms with Gasteiger partial charge in [0.25, 0.3) is 0 Å². The highest BCUT2D eigenvalue weighted by atomic mass is 19.4. The molecule has 0 bridgehead atoms. The van der Waals surface area contributed by atoms with Crippen LogP contribution in [0.2, 0.25) is 0 Å². The lowest BCUT2D eigenvalue weighted by molar-refractivity contribution is -0.137. The summed E-state index contributed by atoms with van der Waals surface area (Å²) >= 11 is 0. The van der Waals surface area contributed by atoms with E-state index in [1.165, 1.54) is 23.3 Å². The maximum atomic E-state index is 14.1. The lowest BCUT2D eigenvalue weighted by Gasteiger charge is -2.18. The van der Waals surface area contributed by atoms with E-state index in [0.717, 1.165) is 88.4 Å². The van der Waals surface area contributed by atoms with E-state index in [4.69, 9.17) is 21.5 Å². The number of nitrogens with zero attached hydrogens (tertiary/aromatic N) is 6. The molecule has 0 N–H and O–H groups in total. The van der Waals surface area contributed by atoms with Crippen LogP contribution in [0.5, 0.6) is 0 Å². The van der Waals surface area contributed by atoms with Gasteiger partial charge in [0.2, 0.25) is 0 Å². The zero-order valence-corrected chi connectivity index (χ0v) is 42.1. The molecule has 6 nitrogen and oxygen atoms in total. The van der Waals surface area contributed by atoms with Gasteiger partial charge in [-0.3, -0.25) is 0 Å². The van der Waals surface area contributed by atoms with E-state index in [2.05, 4.69) is 119 Å². The summed E-state index contributed by atoms with van der Waals surface area (Å²) in [5, 5.41) is 4.00. The summed E-state index contributed by atoms with van der Waals surface area (Å²) in [5.41, 5.74) is 15.4. The fourth-order valence-electron chi connectivity index (χ4n) is 11.1. The van der Waals surface area contributed by atoms with Gasteiger partial charge in [-0.2, -0.15) is 13.2 Å². The molecule has 77 heavy (non-hydrogen) atoms. The molecule has 0 radical (unpaired) electrons. The predicted octanol–water partition coefficient (Wildman–Crippen LogP) is 18.6. The van der Waals surface area contributed by atoms with Gasteiger partial charge in [-0.05, 0) is 139 Å². The largest absolute Gasteiger partial charge is 0.416 e. The fraction of sp³-hybridized carbons (Fsp3) is 0.0588. The minimum absolute atomic E-state index is 0.443. The molecule has 13 aromatic rings. The summed E-state index contributed by atoms with van der Waals surface area (Å²) < 4.78 is 46.8. The first-order valence-corrected chi connectivity index (χ1v) is 25.3. The number of para-hydroxylation sites is 2. The Labute approximate surface area is 442 Å². The molecule has 368 valence electrons. The Morgan fingerprint density at radius 3 is 1.43 bits per heavy atom. The van der Waals surface area contributed by atoms with E-state index in [0.29, 0.717) is 45.4 Å². The topological polar surface area (TPSA) is 52.9 Å². The van der Waals surface area contributed by atoms with E-state index in [1.54, 1.807) is 13.0 Å². The fourth-order valence-corrected chi connectivity index (χ4v) is 11.1. The van der Waals surface area contributed by atoms with E-state index in [-0.39, 0.29) is 0 Å². The van der Waals surface area contributed by atoms with E-state index < -0.39 is 11.7 Å². The van der Waals surface area contributed by atoms with Gasteiger partial charge in [-0.25, -0.2) is 19.8 Å². The predicted molar refractivity (Wildman–Crippen MR) is 307 cm³/mol. The smallest absolute Gasteiger partial charge is 0.309 e. The van der Waals surface area contributed by atoms with Crippen molar-refractivity contribution in [1.82, 2.24) is 24.1 Å². The Morgan fingerprint density at radius 2 is 0.857 bits per heavy atom. The van der Waals surface area contributed by atoms with Crippen LogP contribution in [-0.2, 0) is 6.18 Å². The van der Waals surface area contributed by atoms with Gasteiger partial charge in [0.1, 0.15) is 0 Å². The van der Waals surface area contributed by atoms with Crippen molar-refractivity contribution in [3.63, 3.8) is 0 Å². The lowest BCUT2D eigenvalue weighted by Crippen LogP contribution is -2.05. The van der Waals surface area contributed by atoms with Gasteiger partial charge < -0.3 is 9.13 Å². The number of rotatable bonds is 8. The van der Waals surface area contributed by atoms with Crippen LogP contribution < -0.4 is 0 Å². The Kier molecular flexibility index (Phi) is 11.2. The molecule has 0 aliphatic carbocycles. The minimum atomic E-state index is -4.48. The second-order valence-electron chi connectivity index (χ2n) is 19.7. The second-order valence-corrected chi connectivity index (χ2v) is 19.7. The highest BCUT2D eigenvalue weighted by Gasteiger charge is 2.31. The van der Waals surface area contributed by atoms with E-state index in [9.17, 15) is 13.2 Å². The van der Waals surface area contributed by atoms with Crippen molar-refractivity contribution >= 4 is 49.3 Å². The van der Waals surface area contributed by atoms with Crippen LogP contribution in [0.3, 0.4) is 0 Å².